The van der Waals surface area contributed by atoms with E-state index in [-0.39, 0.29) is 5.97 Å². The lowest BCUT2D eigenvalue weighted by molar-refractivity contribution is -0.161. The average Bonchev–Trinajstić information content (AvgIpc) is 2.60. The van der Waals surface area contributed by atoms with Gasteiger partial charge >= 0.3 is 12.1 Å². The van der Waals surface area contributed by atoms with E-state index in [0.29, 0.717) is 25.8 Å². The van der Waals surface area contributed by atoms with Crippen molar-refractivity contribution in [3.63, 3.8) is 0 Å². The highest BCUT2D eigenvalue weighted by molar-refractivity contribution is 5.80. The minimum absolute atomic E-state index is 0.320. The van der Waals surface area contributed by atoms with Crippen molar-refractivity contribution in [1.29, 1.82) is 0 Å². The van der Waals surface area contributed by atoms with Crippen molar-refractivity contribution in [2.75, 3.05) is 13.7 Å². The number of methoxy groups -OCH3 is 1. The van der Waals surface area contributed by atoms with E-state index in [2.05, 4.69) is 6.58 Å². The molecule has 1 heterocycles. The van der Waals surface area contributed by atoms with E-state index in [1.807, 2.05) is 51.1 Å². The molecule has 1 saturated heterocycles. The highest BCUT2D eigenvalue weighted by Gasteiger charge is 2.53. The Morgan fingerprint density at radius 1 is 1.31 bits per heavy atom. The number of benzene rings is 1. The third-order valence-corrected chi connectivity index (χ3v) is 4.70. The van der Waals surface area contributed by atoms with Gasteiger partial charge in [-0.3, -0.25) is 9.69 Å². The summed E-state index contributed by atoms with van der Waals surface area (Å²) in [7, 11) is 1.39. The number of rotatable bonds is 4. The van der Waals surface area contributed by atoms with Crippen molar-refractivity contribution in [1.82, 2.24) is 4.90 Å². The molecule has 1 aliphatic rings. The largest absolute Gasteiger partial charge is 0.469 e. The van der Waals surface area contributed by atoms with Crippen LogP contribution >= 0.6 is 0 Å². The monoisotopic (exact) mass is 359 g/mol. The first-order chi connectivity index (χ1) is 12.2. The molecule has 0 aliphatic carbocycles. The van der Waals surface area contributed by atoms with E-state index in [9.17, 15) is 9.59 Å². The Bertz CT molecular complexity index is 650. The maximum Gasteiger partial charge on any atom is 0.410 e. The second kappa shape index (κ2) is 7.94. The Balaban J connectivity index is 2.55. The van der Waals surface area contributed by atoms with E-state index in [4.69, 9.17) is 9.47 Å². The number of esters is 1. The van der Waals surface area contributed by atoms with E-state index < -0.39 is 23.2 Å². The zero-order chi connectivity index (χ0) is 19.4. The van der Waals surface area contributed by atoms with Gasteiger partial charge < -0.3 is 9.47 Å². The van der Waals surface area contributed by atoms with Crippen molar-refractivity contribution >= 4 is 12.1 Å². The van der Waals surface area contributed by atoms with Crippen LogP contribution in [0.15, 0.2) is 43.0 Å². The van der Waals surface area contributed by atoms with E-state index >= 15 is 0 Å². The SMILES string of the molecule is C=CCC1(C(=O)OC)CCCN(C(=O)OC(C)(C)C)C1c1ccccc1. The fourth-order valence-electron chi connectivity index (χ4n) is 3.75. The standard InChI is InChI=1S/C21H29NO4/c1-6-13-21(18(23)25-5)14-10-15-22(19(24)26-20(2,3)4)17(21)16-11-8-7-9-12-16/h6-9,11-12,17H,1,10,13-15H2,2-5H3. The second-order valence-corrected chi connectivity index (χ2v) is 7.73. The number of carbonyl (C=O) groups is 2. The minimum atomic E-state index is -0.868. The minimum Gasteiger partial charge on any atom is -0.469 e. The lowest BCUT2D eigenvalue weighted by Crippen LogP contribution is -2.53. The molecule has 0 aromatic heterocycles. The molecule has 0 radical (unpaired) electrons. The average molecular weight is 359 g/mol. The van der Waals surface area contributed by atoms with Crippen LogP contribution in [-0.4, -0.2) is 36.2 Å². The fourth-order valence-corrected chi connectivity index (χ4v) is 3.75. The van der Waals surface area contributed by atoms with Crippen LogP contribution in [0.3, 0.4) is 0 Å². The molecule has 1 aromatic carbocycles. The number of allylic oxidation sites excluding steroid dienone is 1. The summed E-state index contributed by atoms with van der Waals surface area (Å²) in [6.07, 6.45) is 3.07. The van der Waals surface area contributed by atoms with Crippen molar-refractivity contribution in [2.24, 2.45) is 5.41 Å². The number of piperidine rings is 1. The summed E-state index contributed by atoms with van der Waals surface area (Å²) < 4.78 is 10.8. The lowest BCUT2D eigenvalue weighted by Gasteiger charge is -2.48. The van der Waals surface area contributed by atoms with Crippen LogP contribution in [0.1, 0.15) is 51.6 Å². The predicted octanol–water partition coefficient (Wildman–Crippen LogP) is 4.49. The molecule has 0 spiro atoms. The van der Waals surface area contributed by atoms with Gasteiger partial charge in [-0.25, -0.2) is 4.79 Å². The molecule has 1 aliphatic heterocycles. The van der Waals surface area contributed by atoms with Gasteiger partial charge in [0.2, 0.25) is 0 Å². The highest BCUT2D eigenvalue weighted by atomic mass is 16.6. The van der Waals surface area contributed by atoms with Crippen molar-refractivity contribution in [2.45, 2.75) is 51.7 Å². The van der Waals surface area contributed by atoms with Crippen LogP contribution in [-0.2, 0) is 14.3 Å². The molecule has 1 fully saturated rings. The quantitative estimate of drug-likeness (QED) is 0.587. The van der Waals surface area contributed by atoms with Crippen LogP contribution in [0.2, 0.25) is 0 Å². The number of likely N-dealkylation sites (tertiary alicyclic amines) is 1. The molecule has 0 bridgehead atoms. The molecule has 2 rings (SSSR count). The van der Waals surface area contributed by atoms with Gasteiger partial charge in [0, 0.05) is 6.54 Å². The van der Waals surface area contributed by atoms with Crippen molar-refractivity contribution in [3.8, 4) is 0 Å². The number of amides is 1. The molecule has 5 nitrogen and oxygen atoms in total. The summed E-state index contributed by atoms with van der Waals surface area (Å²) in [6, 6.07) is 9.15. The molecule has 0 saturated carbocycles. The molecule has 1 amide bonds. The summed E-state index contributed by atoms with van der Waals surface area (Å²) in [5.74, 6) is -0.320. The Morgan fingerprint density at radius 2 is 1.96 bits per heavy atom. The third-order valence-electron chi connectivity index (χ3n) is 4.70. The lowest BCUT2D eigenvalue weighted by atomic mass is 9.68. The maximum absolute atomic E-state index is 12.9. The molecule has 142 valence electrons. The molecule has 0 N–H and O–H groups in total. The normalized spacial score (nSPS) is 23.2. The second-order valence-electron chi connectivity index (χ2n) is 7.73. The van der Waals surface area contributed by atoms with Gasteiger partial charge in [-0.1, -0.05) is 36.4 Å². The predicted molar refractivity (Wildman–Crippen MR) is 101 cm³/mol. The number of hydrogen-bond donors (Lipinski definition) is 0. The number of ether oxygens (including phenoxy) is 2. The van der Waals surface area contributed by atoms with E-state index in [0.717, 1.165) is 5.56 Å². The molecular weight excluding hydrogens is 330 g/mol. The number of carbonyl (C=O) groups excluding carboxylic acids is 2. The van der Waals surface area contributed by atoms with E-state index in [1.165, 1.54) is 7.11 Å². The van der Waals surface area contributed by atoms with E-state index in [1.54, 1.807) is 11.0 Å². The molecule has 2 unspecified atom stereocenters. The molecule has 1 aromatic rings. The van der Waals surface area contributed by atoms with Gasteiger partial charge in [0.25, 0.3) is 0 Å². The molecule has 26 heavy (non-hydrogen) atoms. The summed E-state index contributed by atoms with van der Waals surface area (Å²) in [5, 5.41) is 0. The summed E-state index contributed by atoms with van der Waals surface area (Å²) in [5.41, 5.74) is -0.583. The smallest absolute Gasteiger partial charge is 0.410 e. The Hall–Kier alpha value is -2.30. The number of nitrogens with zero attached hydrogens (tertiary/aromatic N) is 1. The van der Waals surface area contributed by atoms with Gasteiger partial charge in [-0.2, -0.15) is 0 Å². The van der Waals surface area contributed by atoms with Crippen LogP contribution in [0.4, 0.5) is 4.79 Å². The fraction of sp³-hybridized carbons (Fsp3) is 0.524. The Labute approximate surface area is 156 Å². The zero-order valence-corrected chi connectivity index (χ0v) is 16.2. The Morgan fingerprint density at radius 3 is 2.50 bits per heavy atom. The molecule has 5 heteroatoms. The van der Waals surface area contributed by atoms with Crippen molar-refractivity contribution in [3.05, 3.63) is 48.6 Å². The zero-order valence-electron chi connectivity index (χ0n) is 16.2. The van der Waals surface area contributed by atoms with Gasteiger partial charge in [-0.15, -0.1) is 6.58 Å². The van der Waals surface area contributed by atoms with Gasteiger partial charge in [0.15, 0.2) is 0 Å². The van der Waals surface area contributed by atoms with Crippen LogP contribution in [0.25, 0.3) is 0 Å². The summed E-state index contributed by atoms with van der Waals surface area (Å²) in [4.78, 5) is 27.5. The van der Waals surface area contributed by atoms with Crippen LogP contribution in [0, 0.1) is 5.41 Å². The van der Waals surface area contributed by atoms with Gasteiger partial charge in [0.05, 0.1) is 18.6 Å². The number of hydrogen-bond acceptors (Lipinski definition) is 4. The summed E-state index contributed by atoms with van der Waals surface area (Å²) >= 11 is 0. The first-order valence-corrected chi connectivity index (χ1v) is 8.99. The maximum atomic E-state index is 12.9. The Kier molecular flexibility index (Phi) is 6.11. The third kappa shape index (κ3) is 4.09. The highest BCUT2D eigenvalue weighted by Crippen LogP contribution is 2.49. The topological polar surface area (TPSA) is 55.8 Å². The van der Waals surface area contributed by atoms with Crippen LogP contribution in [0.5, 0.6) is 0 Å². The van der Waals surface area contributed by atoms with Crippen molar-refractivity contribution < 1.29 is 19.1 Å². The summed E-state index contributed by atoms with van der Waals surface area (Å²) in [6.45, 7) is 9.87. The first-order valence-electron chi connectivity index (χ1n) is 8.99. The molecule has 2 atom stereocenters. The van der Waals surface area contributed by atoms with Crippen LogP contribution < -0.4 is 0 Å². The van der Waals surface area contributed by atoms with Gasteiger partial charge in [-0.05, 0) is 45.6 Å². The molecular formula is C21H29NO4. The van der Waals surface area contributed by atoms with Gasteiger partial charge in [0.1, 0.15) is 5.60 Å². The first kappa shape index (κ1) is 20.0.